The van der Waals surface area contributed by atoms with Crippen LogP contribution in [-0.4, -0.2) is 10.7 Å². The topological polar surface area (TPSA) is 36.4 Å². The molecule has 0 fully saturated rings. The van der Waals surface area contributed by atoms with Crippen molar-refractivity contribution in [2.24, 2.45) is 0 Å². The molecule has 0 heterocycles. The van der Waals surface area contributed by atoms with Crippen LogP contribution in [0.1, 0.15) is 230 Å². The summed E-state index contributed by atoms with van der Waals surface area (Å²) in [5.41, 5.74) is 18.6. The molecule has 0 amide bonds. The monoisotopic (exact) mass is 821 g/mol. The van der Waals surface area contributed by atoms with Crippen molar-refractivity contribution in [1.82, 2.24) is 0 Å². The molecule has 0 saturated carbocycles. The fourth-order valence-corrected chi connectivity index (χ4v) is 7.64. The summed E-state index contributed by atoms with van der Waals surface area (Å²) in [5, 5.41) is 0. The Kier molecular flexibility index (Phi) is 35.8. The molecule has 2 aromatic carbocycles. The quantitative estimate of drug-likeness (QED) is 0.0134. The summed E-state index contributed by atoms with van der Waals surface area (Å²) in [6, 6.07) is 18.2. The van der Waals surface area contributed by atoms with E-state index in [1.54, 1.807) is 14.4 Å². The molecule has 0 N–H and O–H groups in total. The summed E-state index contributed by atoms with van der Waals surface area (Å²) in [6.07, 6.45) is 37.8. The van der Waals surface area contributed by atoms with Crippen molar-refractivity contribution in [3.05, 3.63) is 87.5 Å². The van der Waals surface area contributed by atoms with Gasteiger partial charge in [0.2, 0.25) is 0 Å². The van der Waals surface area contributed by atoms with Gasteiger partial charge in [0.25, 0.3) is 0 Å². The van der Waals surface area contributed by atoms with Gasteiger partial charge in [0.15, 0.2) is 0 Å². The molecule has 0 spiro atoms. The van der Waals surface area contributed by atoms with Crippen molar-refractivity contribution in [2.45, 2.75) is 232 Å². The average molecular weight is 822 g/mol. The number of hydrogen-bond acceptors (Lipinski definition) is 0. The van der Waals surface area contributed by atoms with Crippen LogP contribution in [0.25, 0.3) is 11.1 Å². The second kappa shape index (κ2) is 38.9. The van der Waals surface area contributed by atoms with E-state index in [-0.39, 0.29) is 0 Å². The molecule has 3 heteroatoms. The summed E-state index contributed by atoms with van der Waals surface area (Å²) in [6.45, 7) is 9.03. The summed E-state index contributed by atoms with van der Waals surface area (Å²) in [5.74, 6) is 14.2. The molecule has 0 saturated heterocycles. The molecule has 0 aliphatic rings. The first kappa shape index (κ1) is 52.4. The van der Waals surface area contributed by atoms with Gasteiger partial charge in [0.1, 0.15) is 0 Å². The third-order valence-corrected chi connectivity index (χ3v) is 11.0. The predicted molar refractivity (Wildman–Crippen MR) is 250 cm³/mol. The molecule has 0 aromatic heterocycles. The van der Waals surface area contributed by atoms with E-state index in [0.717, 1.165) is 76.2 Å². The van der Waals surface area contributed by atoms with E-state index in [2.05, 4.69) is 111 Å². The van der Waals surface area contributed by atoms with Crippen molar-refractivity contribution in [3.63, 3.8) is 0 Å². The third-order valence-electron chi connectivity index (χ3n) is 11.0. The molecule has 2 rings (SSSR count). The molecule has 2 nitrogen and oxygen atoms in total. The van der Waals surface area contributed by atoms with Crippen LogP contribution in [0.4, 0.5) is 0 Å². The Morgan fingerprint density at radius 1 is 0.526 bits per heavy atom. The fourth-order valence-electron chi connectivity index (χ4n) is 7.64. The van der Waals surface area contributed by atoms with Crippen molar-refractivity contribution < 1.29 is 19.2 Å². The number of allylic oxidation sites excluding steroid dienone is 2. The zero-order chi connectivity index (χ0) is 41.4. The van der Waals surface area contributed by atoms with Crippen LogP contribution >= 0.6 is 0 Å². The Morgan fingerprint density at radius 3 is 1.53 bits per heavy atom. The van der Waals surface area contributed by atoms with Crippen LogP contribution in [0.3, 0.4) is 0 Å². The molecule has 2 aromatic rings. The predicted octanol–water partition coefficient (Wildman–Crippen LogP) is 17.6. The average Bonchev–Trinajstić information content (AvgIpc) is 3.23. The fraction of sp³-hybridized carbons (Fsp3) is 0.667. The number of hydrogen-bond donors (Lipinski definition) is 0. The normalized spacial score (nSPS) is 11.2. The minimum absolute atomic E-state index is 0.870. The Bertz CT molecular complexity index is 1430. The number of rotatable bonds is 32. The summed E-state index contributed by atoms with van der Waals surface area (Å²) in [4.78, 5) is 3.46. The maximum absolute atomic E-state index is 9.70. The summed E-state index contributed by atoms with van der Waals surface area (Å²) in [7, 11) is 0. The molecule has 0 atom stereocenters. The van der Waals surface area contributed by atoms with Crippen molar-refractivity contribution in [2.75, 3.05) is 0 Å². The van der Waals surface area contributed by atoms with Gasteiger partial charge < -0.3 is 5.53 Å². The van der Waals surface area contributed by atoms with Crippen LogP contribution < -0.4 is 0 Å². The molecular formula is C54H86N2Ni. The van der Waals surface area contributed by atoms with E-state index in [1.165, 1.54) is 155 Å². The van der Waals surface area contributed by atoms with Crippen LogP contribution in [0.2, 0.25) is 11.8 Å². The Balaban J connectivity index is 0.00000524. The molecule has 0 radical (unpaired) electrons. The van der Waals surface area contributed by atoms with Gasteiger partial charge in [0, 0.05) is 12.8 Å². The van der Waals surface area contributed by atoms with Gasteiger partial charge in [-0.3, -0.25) is 0 Å². The van der Waals surface area contributed by atoms with Crippen molar-refractivity contribution >= 4 is 11.4 Å². The summed E-state index contributed by atoms with van der Waals surface area (Å²) >= 11 is 1.62. The van der Waals surface area contributed by atoms with Crippen molar-refractivity contribution in [1.29, 1.82) is 0 Å². The summed E-state index contributed by atoms with van der Waals surface area (Å²) < 4.78 is 0. The molecule has 57 heavy (non-hydrogen) atoms. The van der Waals surface area contributed by atoms with E-state index in [4.69, 9.17) is 0 Å². The van der Waals surface area contributed by atoms with Gasteiger partial charge in [-0.25, -0.2) is 0 Å². The first-order valence-corrected chi connectivity index (χ1v) is 25.6. The van der Waals surface area contributed by atoms with Crippen LogP contribution in [-0.2, 0) is 27.3 Å². The van der Waals surface area contributed by atoms with E-state index < -0.39 is 0 Å². The minimum atomic E-state index is 0.870. The third kappa shape index (κ3) is 26.2. The molecule has 0 aliphatic carbocycles. The van der Waals surface area contributed by atoms with Gasteiger partial charge in [0.05, 0.1) is 5.57 Å². The molecule has 0 bridgehead atoms. The van der Waals surface area contributed by atoms with Gasteiger partial charge in [-0.2, -0.15) is 0 Å². The number of nitrogens with zero attached hydrogens (tertiary/aromatic N) is 2. The number of aryl methyl sites for hydroxylation is 2. The molecule has 322 valence electrons. The zero-order valence-electron chi connectivity index (χ0n) is 38.0. The van der Waals surface area contributed by atoms with Crippen LogP contribution in [0.5, 0.6) is 0 Å². The Labute approximate surface area is 360 Å². The van der Waals surface area contributed by atoms with Crippen LogP contribution in [0.15, 0.2) is 59.7 Å². The van der Waals surface area contributed by atoms with E-state index >= 15 is 0 Å². The standard InChI is InChI=1S/C52H80N2.2CH3.Ni/c1-5-9-13-14-15-16-17-18-19-20-21-22-23-24-25-26-27-28-29-30-31-32-37-47-38-33-34-40-50(47)52(48-43-41-46(42-44-48)35-10-6-2)51(39-12-8-4)49(45-54-53)36-11-7-3;;;/h33-34,38,40-44H,5-28,31-32,35-37,39H2,1-4H3;2*1H3;. The van der Waals surface area contributed by atoms with Crippen molar-refractivity contribution in [3.8, 4) is 11.8 Å². The molecular weight excluding hydrogens is 735 g/mol. The first-order chi connectivity index (χ1) is 28.1. The number of benzene rings is 2. The first-order valence-electron chi connectivity index (χ1n) is 23.7. The van der Waals surface area contributed by atoms with E-state index in [1.807, 2.05) is 0 Å². The molecule has 0 unspecified atom stereocenters. The van der Waals surface area contributed by atoms with E-state index in [0.29, 0.717) is 0 Å². The second-order valence-corrected chi connectivity index (χ2v) is 17.1. The zero-order valence-corrected chi connectivity index (χ0v) is 39.0. The molecule has 0 aliphatic heterocycles. The van der Waals surface area contributed by atoms with E-state index in [9.17, 15) is 5.53 Å². The van der Waals surface area contributed by atoms with Crippen LogP contribution in [0, 0.1) is 11.8 Å². The van der Waals surface area contributed by atoms with Gasteiger partial charge in [-0.1, -0.05) is 198 Å². The Morgan fingerprint density at radius 2 is 1.00 bits per heavy atom. The number of unbranched alkanes of at least 4 members (excludes halogenated alkanes) is 21. The Hall–Kier alpha value is -2.61. The van der Waals surface area contributed by atoms with Gasteiger partial charge in [-0.05, 0) is 91.2 Å². The second-order valence-electron chi connectivity index (χ2n) is 16.1. The SMILES string of the molecule is CCCCCCCCCCCCCCCCCCCC#CCCCc1ccccc1C(=C(CCCC)C(=C=[N+]=[N-])CCCC)c1ccc(CCCC)cc1.[CH3][Ni][CH3]. The van der Waals surface area contributed by atoms with Gasteiger partial charge >= 0.3 is 32.1 Å². The maximum atomic E-state index is 9.70. The van der Waals surface area contributed by atoms with Gasteiger partial charge in [-0.15, -0.1) is 16.6 Å².